The highest BCUT2D eigenvalue weighted by Gasteiger charge is 2.25. The fourth-order valence-corrected chi connectivity index (χ4v) is 2.07. The summed E-state index contributed by atoms with van der Waals surface area (Å²) in [6.45, 7) is 4.21. The van der Waals surface area contributed by atoms with Crippen molar-refractivity contribution in [3.8, 4) is 6.07 Å². The normalized spacial score (nSPS) is 22.1. The summed E-state index contributed by atoms with van der Waals surface area (Å²) in [7, 11) is 0. The van der Waals surface area contributed by atoms with E-state index in [9.17, 15) is 0 Å². The fourth-order valence-electron chi connectivity index (χ4n) is 2.07. The van der Waals surface area contributed by atoms with Crippen LogP contribution in [-0.4, -0.2) is 5.54 Å². The first-order valence-electron chi connectivity index (χ1n) is 5.01. The van der Waals surface area contributed by atoms with E-state index in [0.717, 1.165) is 5.70 Å². The van der Waals surface area contributed by atoms with Crippen LogP contribution in [0.5, 0.6) is 0 Å². The molecule has 72 valence electrons. The highest BCUT2D eigenvalue weighted by atomic mass is 15.0. The molecule has 0 unspecified atom stereocenters. The van der Waals surface area contributed by atoms with Crippen LogP contribution >= 0.6 is 0 Å². The predicted octanol–water partition coefficient (Wildman–Crippen LogP) is 2.73. The van der Waals surface area contributed by atoms with Crippen LogP contribution in [0.3, 0.4) is 0 Å². The molecule has 1 saturated carbocycles. The first-order chi connectivity index (χ1) is 6.16. The number of allylic oxidation sites excluding steroid dienone is 2. The zero-order chi connectivity index (χ0) is 9.73. The number of rotatable bonds is 2. The first-order valence-corrected chi connectivity index (χ1v) is 5.01. The van der Waals surface area contributed by atoms with Gasteiger partial charge in [0.05, 0.1) is 6.07 Å². The molecule has 1 fully saturated rings. The minimum absolute atomic E-state index is 0.232. The lowest BCUT2D eigenvalue weighted by Gasteiger charge is -2.35. The molecule has 1 N–H and O–H groups in total. The van der Waals surface area contributed by atoms with E-state index in [1.807, 2.05) is 13.0 Å². The average Bonchev–Trinajstić information content (AvgIpc) is 2.04. The Morgan fingerprint density at radius 1 is 1.38 bits per heavy atom. The van der Waals surface area contributed by atoms with Crippen LogP contribution in [0.2, 0.25) is 0 Å². The average molecular weight is 178 g/mol. The Morgan fingerprint density at radius 2 is 2.00 bits per heavy atom. The Hall–Kier alpha value is -0.970. The standard InChI is InChI=1S/C11H18N2/c1-10(6-9-12)13-11(2)7-4-3-5-8-11/h6,13H,3-5,7-8H2,1-2H3/b10-6-. The van der Waals surface area contributed by atoms with Gasteiger partial charge in [-0.25, -0.2) is 0 Å². The van der Waals surface area contributed by atoms with Crippen molar-refractivity contribution >= 4 is 0 Å². The summed E-state index contributed by atoms with van der Waals surface area (Å²) >= 11 is 0. The number of nitrogens with zero attached hydrogens (tertiary/aromatic N) is 1. The van der Waals surface area contributed by atoms with Crippen LogP contribution < -0.4 is 5.32 Å². The molecular formula is C11H18N2. The van der Waals surface area contributed by atoms with Crippen molar-refractivity contribution in [2.24, 2.45) is 0 Å². The summed E-state index contributed by atoms with van der Waals surface area (Å²) in [5.74, 6) is 0. The van der Waals surface area contributed by atoms with E-state index in [2.05, 4.69) is 12.2 Å². The van der Waals surface area contributed by atoms with E-state index in [-0.39, 0.29) is 5.54 Å². The van der Waals surface area contributed by atoms with Gasteiger partial charge in [-0.1, -0.05) is 19.3 Å². The van der Waals surface area contributed by atoms with Gasteiger partial charge in [-0.15, -0.1) is 0 Å². The molecule has 0 spiro atoms. The van der Waals surface area contributed by atoms with Gasteiger partial charge in [0.1, 0.15) is 0 Å². The van der Waals surface area contributed by atoms with Gasteiger partial charge in [-0.2, -0.15) is 5.26 Å². The molecule has 0 atom stereocenters. The van der Waals surface area contributed by atoms with E-state index < -0.39 is 0 Å². The molecular weight excluding hydrogens is 160 g/mol. The Balaban J connectivity index is 2.51. The van der Waals surface area contributed by atoms with E-state index in [1.165, 1.54) is 32.1 Å². The van der Waals surface area contributed by atoms with Crippen molar-refractivity contribution in [1.82, 2.24) is 5.32 Å². The second-order valence-electron chi connectivity index (χ2n) is 4.20. The van der Waals surface area contributed by atoms with Gasteiger partial charge in [0, 0.05) is 17.3 Å². The molecule has 1 rings (SSSR count). The van der Waals surface area contributed by atoms with E-state index in [0.29, 0.717) is 0 Å². The Bertz CT molecular complexity index is 229. The summed E-state index contributed by atoms with van der Waals surface area (Å²) in [6, 6.07) is 2.05. The quantitative estimate of drug-likeness (QED) is 0.660. The molecule has 0 aromatic rings. The lowest BCUT2D eigenvalue weighted by molar-refractivity contribution is 0.274. The summed E-state index contributed by atoms with van der Waals surface area (Å²) in [6.07, 6.45) is 8.01. The molecule has 0 bridgehead atoms. The van der Waals surface area contributed by atoms with Crippen LogP contribution in [0.4, 0.5) is 0 Å². The molecule has 13 heavy (non-hydrogen) atoms. The first kappa shape index (κ1) is 10.1. The maximum absolute atomic E-state index is 8.48. The molecule has 0 heterocycles. The van der Waals surface area contributed by atoms with Crippen molar-refractivity contribution < 1.29 is 0 Å². The largest absolute Gasteiger partial charge is 0.383 e. The lowest BCUT2D eigenvalue weighted by atomic mass is 9.83. The Morgan fingerprint density at radius 3 is 2.54 bits per heavy atom. The third kappa shape index (κ3) is 3.10. The van der Waals surface area contributed by atoms with Crippen molar-refractivity contribution in [1.29, 1.82) is 5.26 Å². The molecule has 1 aliphatic carbocycles. The third-order valence-electron chi connectivity index (χ3n) is 2.74. The summed E-state index contributed by atoms with van der Waals surface area (Å²) in [5, 5.41) is 11.9. The van der Waals surface area contributed by atoms with Crippen molar-refractivity contribution in [2.45, 2.75) is 51.5 Å². The predicted molar refractivity (Wildman–Crippen MR) is 54.0 cm³/mol. The lowest BCUT2D eigenvalue weighted by Crippen LogP contribution is -2.42. The maximum Gasteiger partial charge on any atom is 0.0930 e. The molecule has 2 heteroatoms. The number of hydrogen-bond donors (Lipinski definition) is 1. The Labute approximate surface area is 80.6 Å². The monoisotopic (exact) mass is 178 g/mol. The molecule has 0 aliphatic heterocycles. The highest BCUT2D eigenvalue weighted by molar-refractivity contribution is 5.12. The van der Waals surface area contributed by atoms with Gasteiger partial charge >= 0.3 is 0 Å². The van der Waals surface area contributed by atoms with Gasteiger partial charge < -0.3 is 5.32 Å². The molecule has 0 aromatic carbocycles. The minimum Gasteiger partial charge on any atom is -0.383 e. The van der Waals surface area contributed by atoms with Crippen LogP contribution in [0.25, 0.3) is 0 Å². The number of nitrogens with one attached hydrogen (secondary N) is 1. The molecule has 0 saturated heterocycles. The summed E-state index contributed by atoms with van der Waals surface area (Å²) in [5.41, 5.74) is 1.22. The second-order valence-corrected chi connectivity index (χ2v) is 4.20. The SMILES string of the molecule is C/C(=C/C#N)NC1(C)CCCCC1. The highest BCUT2D eigenvalue weighted by Crippen LogP contribution is 2.28. The summed E-state index contributed by atoms with van der Waals surface area (Å²) < 4.78 is 0. The van der Waals surface area contributed by atoms with Gasteiger partial charge in [0.2, 0.25) is 0 Å². The molecule has 1 aliphatic rings. The number of hydrogen-bond acceptors (Lipinski definition) is 2. The summed E-state index contributed by atoms with van der Waals surface area (Å²) in [4.78, 5) is 0. The molecule has 0 radical (unpaired) electrons. The van der Waals surface area contributed by atoms with Crippen LogP contribution in [0.15, 0.2) is 11.8 Å². The van der Waals surface area contributed by atoms with Crippen molar-refractivity contribution in [3.63, 3.8) is 0 Å². The van der Waals surface area contributed by atoms with Crippen LogP contribution in [0, 0.1) is 11.3 Å². The van der Waals surface area contributed by atoms with Crippen LogP contribution in [0.1, 0.15) is 46.0 Å². The smallest absolute Gasteiger partial charge is 0.0930 e. The zero-order valence-electron chi connectivity index (χ0n) is 8.56. The van der Waals surface area contributed by atoms with E-state index >= 15 is 0 Å². The minimum atomic E-state index is 0.232. The second kappa shape index (κ2) is 4.32. The maximum atomic E-state index is 8.48. The topological polar surface area (TPSA) is 35.8 Å². The van der Waals surface area contributed by atoms with Crippen molar-refractivity contribution in [3.05, 3.63) is 11.8 Å². The van der Waals surface area contributed by atoms with Gasteiger partial charge in [-0.05, 0) is 26.7 Å². The molecule has 2 nitrogen and oxygen atoms in total. The van der Waals surface area contributed by atoms with Gasteiger partial charge in [-0.3, -0.25) is 0 Å². The number of nitriles is 1. The molecule has 0 amide bonds. The van der Waals surface area contributed by atoms with Crippen molar-refractivity contribution in [2.75, 3.05) is 0 Å². The molecule has 0 aromatic heterocycles. The van der Waals surface area contributed by atoms with Gasteiger partial charge in [0.25, 0.3) is 0 Å². The van der Waals surface area contributed by atoms with E-state index in [1.54, 1.807) is 6.08 Å². The fraction of sp³-hybridized carbons (Fsp3) is 0.727. The Kier molecular flexibility index (Phi) is 3.36. The van der Waals surface area contributed by atoms with Crippen LogP contribution in [-0.2, 0) is 0 Å². The van der Waals surface area contributed by atoms with Gasteiger partial charge in [0.15, 0.2) is 0 Å². The zero-order valence-corrected chi connectivity index (χ0v) is 8.56. The van der Waals surface area contributed by atoms with E-state index in [4.69, 9.17) is 5.26 Å². The third-order valence-corrected chi connectivity index (χ3v) is 2.74.